The van der Waals surface area contributed by atoms with Gasteiger partial charge in [0.15, 0.2) is 23.0 Å². The van der Waals surface area contributed by atoms with Crippen molar-refractivity contribution in [2.45, 2.75) is 115 Å². The number of halogens is 12. The summed E-state index contributed by atoms with van der Waals surface area (Å²) in [4.78, 5) is 31.5. The third-order valence-electron chi connectivity index (χ3n) is 15.3. The van der Waals surface area contributed by atoms with E-state index in [4.69, 9.17) is 9.47 Å². The van der Waals surface area contributed by atoms with Gasteiger partial charge in [-0.25, -0.2) is 28.9 Å². The highest BCUT2D eigenvalue weighted by atomic mass is 19.4. The number of carbonyl (C=O) groups is 2. The van der Waals surface area contributed by atoms with E-state index in [0.29, 0.717) is 81.5 Å². The zero-order chi connectivity index (χ0) is 61.9. The van der Waals surface area contributed by atoms with Crippen molar-refractivity contribution in [2.24, 2.45) is 11.8 Å². The fraction of sp³-hybridized carbons (Fsp3) is 0.323. The number of rotatable bonds is 14. The van der Waals surface area contributed by atoms with E-state index >= 15 is 0 Å². The van der Waals surface area contributed by atoms with Gasteiger partial charge in [0.2, 0.25) is 0 Å². The van der Waals surface area contributed by atoms with Gasteiger partial charge in [-0.05, 0) is 148 Å². The van der Waals surface area contributed by atoms with Crippen molar-refractivity contribution in [1.29, 1.82) is 0 Å². The molecule has 4 aromatic carbocycles. The van der Waals surface area contributed by atoms with Crippen molar-refractivity contribution >= 4 is 11.9 Å². The van der Waals surface area contributed by atoms with Crippen LogP contribution in [0.15, 0.2) is 134 Å². The standard InChI is InChI=1S/2C31H27F6N3O3/c2*1-18-5-14-26(43-17-19-6-8-20(9-7-19)21-10-12-22(13-11-21)30(32,33)34)23(15-18)25-3-2-4-27(39-25)40-28(31(35,36)37)24(16-38-40)29(41)42/h2*2-9,14-16,21-22H,10-13,17H2,1H3,(H,41,42). The highest BCUT2D eigenvalue weighted by Crippen LogP contribution is 2.45. The molecule has 86 heavy (non-hydrogen) atoms. The minimum atomic E-state index is -4.99. The minimum Gasteiger partial charge on any atom is -0.488 e. The molecular formula is C62H54F12N6O6. The van der Waals surface area contributed by atoms with Crippen LogP contribution in [0.5, 0.6) is 11.5 Å². The van der Waals surface area contributed by atoms with Crippen molar-refractivity contribution in [2.75, 3.05) is 0 Å². The molecule has 0 aliphatic heterocycles. The highest BCUT2D eigenvalue weighted by Gasteiger charge is 2.44. The van der Waals surface area contributed by atoms with Gasteiger partial charge in [-0.3, -0.25) is 0 Å². The second-order valence-electron chi connectivity index (χ2n) is 21.2. The number of carboxylic acid groups (broad SMARTS) is 2. The summed E-state index contributed by atoms with van der Waals surface area (Å²) in [7, 11) is 0. The molecule has 2 N–H and O–H groups in total. The minimum absolute atomic E-state index is 0.0786. The van der Waals surface area contributed by atoms with E-state index in [1.807, 2.05) is 74.5 Å². The Bertz CT molecular complexity index is 3450. The number of aryl methyl sites for hydroxylation is 2. The summed E-state index contributed by atoms with van der Waals surface area (Å²) >= 11 is 0. The van der Waals surface area contributed by atoms with Gasteiger partial charge in [-0.15, -0.1) is 0 Å². The van der Waals surface area contributed by atoms with Gasteiger partial charge in [0.05, 0.1) is 35.6 Å². The molecule has 8 aromatic rings. The first kappa shape index (κ1) is 61.8. The fourth-order valence-corrected chi connectivity index (χ4v) is 10.8. The average Bonchev–Trinajstić information content (AvgIpc) is 1.95. The Hall–Kier alpha value is -8.70. The Kier molecular flexibility index (Phi) is 18.0. The van der Waals surface area contributed by atoms with E-state index < -0.39 is 71.0 Å². The lowest BCUT2D eigenvalue weighted by atomic mass is 9.78. The SMILES string of the molecule is Cc1ccc(OCc2ccc(C3CCC(C(F)(F)F)CC3)cc2)c(-c2cccc(-n3ncc(C(=O)O)c3C(F)(F)F)n2)c1.Cc1ccc(OCc2ccc(C3CCC(C(F)(F)F)CC3)cc2)c(-c2cccc(-n3ncc(C(=O)O)c3C(F)(F)F)n2)c1. The van der Waals surface area contributed by atoms with Gasteiger partial charge in [-0.2, -0.15) is 62.9 Å². The number of hydrogen-bond acceptors (Lipinski definition) is 8. The molecule has 0 saturated heterocycles. The van der Waals surface area contributed by atoms with Crippen LogP contribution in [-0.2, 0) is 25.6 Å². The number of alkyl halides is 12. The number of pyridine rings is 2. The number of aromatic carboxylic acids is 2. The summed E-state index contributed by atoms with van der Waals surface area (Å²) < 4.78 is 174. The first-order valence-electron chi connectivity index (χ1n) is 27.1. The second-order valence-corrected chi connectivity index (χ2v) is 21.2. The number of benzene rings is 4. The molecule has 4 heterocycles. The summed E-state index contributed by atoms with van der Waals surface area (Å²) in [5.41, 5.74) is 2.09. The maximum Gasteiger partial charge on any atom is 0.434 e. The lowest BCUT2D eigenvalue weighted by molar-refractivity contribution is -0.183. The molecule has 2 fully saturated rings. The summed E-state index contributed by atoms with van der Waals surface area (Å²) in [6.45, 7) is 4.01. The Morgan fingerprint density at radius 3 is 1.15 bits per heavy atom. The van der Waals surface area contributed by atoms with E-state index in [9.17, 15) is 72.5 Å². The van der Waals surface area contributed by atoms with Gasteiger partial charge in [-0.1, -0.05) is 83.9 Å². The number of ether oxygens (including phenoxy) is 2. The van der Waals surface area contributed by atoms with Gasteiger partial charge < -0.3 is 19.7 Å². The number of carboxylic acids is 2. The quantitative estimate of drug-likeness (QED) is 0.101. The molecule has 452 valence electrons. The molecule has 2 aliphatic carbocycles. The zero-order valence-corrected chi connectivity index (χ0v) is 45.8. The van der Waals surface area contributed by atoms with Gasteiger partial charge in [0.1, 0.15) is 35.8 Å². The summed E-state index contributed by atoms with van der Waals surface area (Å²) in [6, 6.07) is 34.5. The fourth-order valence-electron chi connectivity index (χ4n) is 10.8. The number of nitrogens with zero attached hydrogens (tertiary/aromatic N) is 6. The van der Waals surface area contributed by atoms with E-state index in [-0.39, 0.29) is 62.4 Å². The van der Waals surface area contributed by atoms with E-state index in [0.717, 1.165) is 33.4 Å². The lowest BCUT2D eigenvalue weighted by Gasteiger charge is -2.30. The molecule has 0 radical (unpaired) electrons. The third-order valence-corrected chi connectivity index (χ3v) is 15.3. The maximum atomic E-state index is 13.8. The molecule has 0 unspecified atom stereocenters. The zero-order valence-electron chi connectivity index (χ0n) is 45.8. The molecule has 2 saturated carbocycles. The lowest BCUT2D eigenvalue weighted by Crippen LogP contribution is -2.27. The van der Waals surface area contributed by atoms with Crippen LogP contribution in [0.25, 0.3) is 34.2 Å². The van der Waals surface area contributed by atoms with E-state index in [1.54, 1.807) is 36.4 Å². The molecule has 0 amide bonds. The van der Waals surface area contributed by atoms with Crippen LogP contribution in [0, 0.1) is 25.7 Å². The van der Waals surface area contributed by atoms with Crippen LogP contribution >= 0.6 is 0 Å². The Balaban J connectivity index is 0.000000205. The van der Waals surface area contributed by atoms with Crippen LogP contribution in [0.1, 0.15) is 129 Å². The van der Waals surface area contributed by atoms with E-state index in [1.165, 1.54) is 24.3 Å². The third kappa shape index (κ3) is 14.5. The molecule has 10 rings (SSSR count). The first-order valence-corrected chi connectivity index (χ1v) is 27.1. The predicted octanol–water partition coefficient (Wildman–Crippen LogP) is 16.7. The Morgan fingerprint density at radius 2 is 0.837 bits per heavy atom. The van der Waals surface area contributed by atoms with Crippen molar-refractivity contribution < 1.29 is 82.0 Å². The summed E-state index contributed by atoms with van der Waals surface area (Å²) in [6.07, 6.45) is -14.5. The smallest absolute Gasteiger partial charge is 0.434 e. The van der Waals surface area contributed by atoms with Crippen molar-refractivity contribution in [1.82, 2.24) is 29.5 Å². The van der Waals surface area contributed by atoms with Crippen LogP contribution in [0.4, 0.5) is 52.7 Å². The number of hydrogen-bond donors (Lipinski definition) is 2. The summed E-state index contributed by atoms with van der Waals surface area (Å²) in [5.74, 6) is -5.41. The second kappa shape index (κ2) is 25.1. The van der Waals surface area contributed by atoms with Gasteiger partial charge in [0.25, 0.3) is 0 Å². The van der Waals surface area contributed by atoms with Crippen LogP contribution in [0.3, 0.4) is 0 Å². The first-order chi connectivity index (χ1) is 40.6. The maximum absolute atomic E-state index is 13.8. The Labute approximate surface area is 484 Å². The van der Waals surface area contributed by atoms with Crippen molar-refractivity contribution in [3.63, 3.8) is 0 Å². The predicted molar refractivity (Wildman–Crippen MR) is 290 cm³/mol. The van der Waals surface area contributed by atoms with Crippen LogP contribution in [0.2, 0.25) is 0 Å². The van der Waals surface area contributed by atoms with Gasteiger partial charge in [0, 0.05) is 11.1 Å². The molecule has 24 heteroatoms. The van der Waals surface area contributed by atoms with Gasteiger partial charge >= 0.3 is 36.6 Å². The largest absolute Gasteiger partial charge is 0.488 e. The molecule has 12 nitrogen and oxygen atoms in total. The monoisotopic (exact) mass is 1210 g/mol. The van der Waals surface area contributed by atoms with Crippen molar-refractivity contribution in [3.05, 3.63) is 190 Å². The molecule has 0 spiro atoms. The normalized spacial score (nSPS) is 17.6. The average molecular weight is 1210 g/mol. The Morgan fingerprint density at radius 1 is 0.488 bits per heavy atom. The molecule has 0 bridgehead atoms. The highest BCUT2D eigenvalue weighted by molar-refractivity contribution is 5.89. The molecule has 2 aliphatic rings. The van der Waals surface area contributed by atoms with E-state index in [2.05, 4.69) is 20.2 Å². The molecule has 4 aromatic heterocycles. The van der Waals surface area contributed by atoms with Crippen LogP contribution < -0.4 is 9.47 Å². The summed E-state index contributed by atoms with van der Waals surface area (Å²) in [5, 5.41) is 25.8. The van der Waals surface area contributed by atoms with Crippen LogP contribution in [-0.4, -0.2) is 64.0 Å². The topological polar surface area (TPSA) is 154 Å². The molecule has 0 atom stereocenters. The molecular weight excluding hydrogens is 1150 g/mol. The number of aromatic nitrogens is 6. The van der Waals surface area contributed by atoms with Crippen molar-refractivity contribution in [3.8, 4) is 45.6 Å².